The van der Waals surface area contributed by atoms with Gasteiger partial charge in [0.1, 0.15) is 5.82 Å². The standard InChI is InChI=1S/C59H37N3/c1-2-15-44(16-3-1)61-55-23-10-8-21-50(55)53-35-41(26-30-57(53)61)42-27-31-58-54(36-42)51-22-9-11-24-56(51)62(58)59-32-28-43(37-60-59)39-14-12-13-38(33-39)40-25-29-49-47-19-5-4-17-45(47)46-18-6-7-20-48(46)52(49)34-40/h1-37H. The van der Waals surface area contributed by atoms with Gasteiger partial charge in [0.25, 0.3) is 0 Å². The Labute approximate surface area is 358 Å². The van der Waals surface area contributed by atoms with Crippen molar-refractivity contribution in [2.75, 3.05) is 0 Å². The Hall–Kier alpha value is -8.27. The minimum absolute atomic E-state index is 0.896. The molecule has 0 aliphatic rings. The van der Waals surface area contributed by atoms with Crippen LogP contribution in [0.25, 0.3) is 121 Å². The minimum atomic E-state index is 0.896. The van der Waals surface area contributed by atoms with Crippen LogP contribution in [0.2, 0.25) is 0 Å². The fourth-order valence-electron chi connectivity index (χ4n) is 10.1. The van der Waals surface area contributed by atoms with E-state index >= 15 is 0 Å². The van der Waals surface area contributed by atoms with Crippen LogP contribution in [0.3, 0.4) is 0 Å². The molecule has 0 N–H and O–H groups in total. The molecule has 13 rings (SSSR count). The van der Waals surface area contributed by atoms with Crippen LogP contribution in [0, 0.1) is 0 Å². The second kappa shape index (κ2) is 13.6. The largest absolute Gasteiger partial charge is 0.309 e. The highest BCUT2D eigenvalue weighted by Crippen LogP contribution is 2.40. The number of fused-ring (bicyclic) bond motifs is 12. The van der Waals surface area contributed by atoms with E-state index in [1.165, 1.54) is 92.8 Å². The first-order valence-electron chi connectivity index (χ1n) is 21.3. The molecule has 3 nitrogen and oxygen atoms in total. The summed E-state index contributed by atoms with van der Waals surface area (Å²) in [5.74, 6) is 0.896. The molecular weight excluding hydrogens is 751 g/mol. The monoisotopic (exact) mass is 787 g/mol. The van der Waals surface area contributed by atoms with Gasteiger partial charge in [-0.25, -0.2) is 4.98 Å². The highest BCUT2D eigenvalue weighted by atomic mass is 15.1. The summed E-state index contributed by atoms with van der Waals surface area (Å²) in [6.45, 7) is 0. The van der Waals surface area contributed by atoms with Gasteiger partial charge in [-0.05, 0) is 133 Å². The third kappa shape index (κ3) is 5.28. The van der Waals surface area contributed by atoms with E-state index < -0.39 is 0 Å². The SMILES string of the molecule is c1ccc(-n2c3ccccc3c3cc(-c4ccc5c(c4)c4ccccc4n5-c4ccc(-c5cccc(-c6ccc7c8ccccc8c8ccccc8c7c6)c5)cn4)ccc32)cc1. The van der Waals surface area contributed by atoms with E-state index in [9.17, 15) is 0 Å². The van der Waals surface area contributed by atoms with Crippen LogP contribution >= 0.6 is 0 Å². The van der Waals surface area contributed by atoms with Crippen molar-refractivity contribution in [3.8, 4) is 44.9 Å². The molecule has 0 unspecified atom stereocenters. The molecule has 0 bridgehead atoms. The van der Waals surface area contributed by atoms with Crippen molar-refractivity contribution in [3.05, 3.63) is 225 Å². The van der Waals surface area contributed by atoms with Crippen molar-refractivity contribution in [2.24, 2.45) is 0 Å². The molecule has 3 aromatic heterocycles. The molecule has 0 radical (unpaired) electrons. The van der Waals surface area contributed by atoms with E-state index in [0.29, 0.717) is 0 Å². The van der Waals surface area contributed by atoms with Gasteiger partial charge in [0.2, 0.25) is 0 Å². The zero-order valence-corrected chi connectivity index (χ0v) is 33.7. The molecule has 0 atom stereocenters. The minimum Gasteiger partial charge on any atom is -0.309 e. The molecule has 0 aliphatic carbocycles. The average molecular weight is 788 g/mol. The number of pyridine rings is 1. The lowest BCUT2D eigenvalue weighted by molar-refractivity contribution is 1.08. The fourth-order valence-corrected chi connectivity index (χ4v) is 10.1. The molecule has 0 aliphatic heterocycles. The Balaban J connectivity index is 0.871. The maximum Gasteiger partial charge on any atom is 0.137 e. The molecule has 288 valence electrons. The topological polar surface area (TPSA) is 22.8 Å². The van der Waals surface area contributed by atoms with Gasteiger partial charge in [0, 0.05) is 39.0 Å². The summed E-state index contributed by atoms with van der Waals surface area (Å²) >= 11 is 0. The summed E-state index contributed by atoms with van der Waals surface area (Å²) in [4.78, 5) is 5.14. The van der Waals surface area contributed by atoms with Gasteiger partial charge < -0.3 is 4.57 Å². The molecule has 62 heavy (non-hydrogen) atoms. The van der Waals surface area contributed by atoms with Crippen LogP contribution in [0.1, 0.15) is 0 Å². The van der Waals surface area contributed by atoms with Crippen molar-refractivity contribution < 1.29 is 0 Å². The number of nitrogens with zero attached hydrogens (tertiary/aromatic N) is 3. The van der Waals surface area contributed by atoms with Crippen molar-refractivity contribution in [2.45, 2.75) is 0 Å². The molecule has 3 heteroatoms. The summed E-state index contributed by atoms with van der Waals surface area (Å²) in [6.07, 6.45) is 2.02. The van der Waals surface area contributed by atoms with Crippen molar-refractivity contribution >= 4 is 75.9 Å². The van der Waals surface area contributed by atoms with E-state index in [4.69, 9.17) is 4.98 Å². The van der Waals surface area contributed by atoms with Crippen LogP contribution in [0.15, 0.2) is 225 Å². The molecule has 0 spiro atoms. The molecule has 0 amide bonds. The number of hydrogen-bond donors (Lipinski definition) is 0. The van der Waals surface area contributed by atoms with Crippen LogP contribution in [-0.2, 0) is 0 Å². The van der Waals surface area contributed by atoms with E-state index in [1.807, 2.05) is 6.20 Å². The normalized spacial score (nSPS) is 11.9. The fraction of sp³-hybridized carbons (Fsp3) is 0. The molecule has 0 saturated carbocycles. The Morgan fingerprint density at radius 2 is 0.661 bits per heavy atom. The number of hydrogen-bond acceptors (Lipinski definition) is 1. The van der Waals surface area contributed by atoms with E-state index in [1.54, 1.807) is 0 Å². The number of para-hydroxylation sites is 3. The molecular formula is C59H37N3. The summed E-state index contributed by atoms with van der Waals surface area (Å²) in [6, 6.07) is 79.5. The lowest BCUT2D eigenvalue weighted by Crippen LogP contribution is -1.97. The molecule has 10 aromatic carbocycles. The third-order valence-electron chi connectivity index (χ3n) is 12.9. The van der Waals surface area contributed by atoms with Gasteiger partial charge >= 0.3 is 0 Å². The lowest BCUT2D eigenvalue weighted by atomic mass is 9.91. The van der Waals surface area contributed by atoms with E-state index in [0.717, 1.165) is 28.0 Å². The summed E-state index contributed by atoms with van der Waals surface area (Å²) in [5.41, 5.74) is 12.9. The Morgan fingerprint density at radius 1 is 0.242 bits per heavy atom. The lowest BCUT2D eigenvalue weighted by Gasteiger charge is -2.13. The van der Waals surface area contributed by atoms with Gasteiger partial charge in [-0.15, -0.1) is 0 Å². The van der Waals surface area contributed by atoms with Crippen LogP contribution in [0.4, 0.5) is 0 Å². The van der Waals surface area contributed by atoms with Crippen molar-refractivity contribution in [3.63, 3.8) is 0 Å². The first-order chi connectivity index (χ1) is 30.7. The van der Waals surface area contributed by atoms with Gasteiger partial charge in [-0.3, -0.25) is 4.57 Å². The Bertz CT molecular complexity index is 3870. The molecule has 13 aromatic rings. The van der Waals surface area contributed by atoms with E-state index in [-0.39, 0.29) is 0 Å². The Kier molecular flexibility index (Phi) is 7.60. The van der Waals surface area contributed by atoms with Crippen LogP contribution in [0.5, 0.6) is 0 Å². The molecule has 3 heterocycles. The summed E-state index contributed by atoms with van der Waals surface area (Å²) in [7, 11) is 0. The molecule has 0 fully saturated rings. The number of rotatable bonds is 5. The highest BCUT2D eigenvalue weighted by Gasteiger charge is 2.17. The van der Waals surface area contributed by atoms with Crippen LogP contribution in [-0.4, -0.2) is 14.1 Å². The van der Waals surface area contributed by atoms with Crippen molar-refractivity contribution in [1.29, 1.82) is 0 Å². The number of aromatic nitrogens is 3. The maximum atomic E-state index is 5.14. The quantitative estimate of drug-likeness (QED) is 0.159. The summed E-state index contributed by atoms with van der Waals surface area (Å²) in [5, 5.41) is 12.6. The number of benzene rings is 10. The van der Waals surface area contributed by atoms with Crippen molar-refractivity contribution in [1.82, 2.24) is 14.1 Å². The zero-order valence-electron chi connectivity index (χ0n) is 33.7. The van der Waals surface area contributed by atoms with Gasteiger partial charge in [-0.1, -0.05) is 146 Å². The second-order valence-electron chi connectivity index (χ2n) is 16.3. The smallest absolute Gasteiger partial charge is 0.137 e. The third-order valence-corrected chi connectivity index (χ3v) is 12.9. The Morgan fingerprint density at radius 3 is 1.26 bits per heavy atom. The second-order valence-corrected chi connectivity index (χ2v) is 16.3. The van der Waals surface area contributed by atoms with Crippen LogP contribution < -0.4 is 0 Å². The first-order valence-corrected chi connectivity index (χ1v) is 21.3. The zero-order chi connectivity index (χ0) is 40.7. The predicted molar refractivity (Wildman–Crippen MR) is 262 cm³/mol. The highest BCUT2D eigenvalue weighted by molar-refractivity contribution is 6.25. The summed E-state index contributed by atoms with van der Waals surface area (Å²) < 4.78 is 4.67. The molecule has 0 saturated heterocycles. The van der Waals surface area contributed by atoms with Gasteiger partial charge in [-0.2, -0.15) is 0 Å². The maximum absolute atomic E-state index is 5.14. The van der Waals surface area contributed by atoms with Gasteiger partial charge in [0.15, 0.2) is 0 Å². The average Bonchev–Trinajstić information content (AvgIpc) is 3.86. The first kappa shape index (κ1) is 34.6. The van der Waals surface area contributed by atoms with Gasteiger partial charge in [0.05, 0.1) is 22.1 Å². The van der Waals surface area contributed by atoms with E-state index in [2.05, 4.69) is 228 Å². The predicted octanol–water partition coefficient (Wildman–Crippen LogP) is 15.7.